The summed E-state index contributed by atoms with van der Waals surface area (Å²) in [6.07, 6.45) is 0. The molecule has 0 fully saturated rings. The summed E-state index contributed by atoms with van der Waals surface area (Å²) in [6, 6.07) is 26.8. The van der Waals surface area contributed by atoms with Gasteiger partial charge in [-0.1, -0.05) is 58.4 Å². The summed E-state index contributed by atoms with van der Waals surface area (Å²) in [5.41, 5.74) is 4.90. The number of halogens is 1. The third kappa shape index (κ3) is 3.76. The Morgan fingerprint density at radius 1 is 0.879 bits per heavy atom. The predicted molar refractivity (Wildman–Crippen MR) is 132 cm³/mol. The first kappa shape index (κ1) is 21.2. The summed E-state index contributed by atoms with van der Waals surface area (Å²) in [7, 11) is 0. The highest BCUT2D eigenvalue weighted by atomic mass is 79.9. The van der Waals surface area contributed by atoms with Crippen molar-refractivity contribution in [1.29, 1.82) is 0 Å². The van der Waals surface area contributed by atoms with Crippen molar-refractivity contribution < 1.29 is 14.3 Å². The van der Waals surface area contributed by atoms with Crippen molar-refractivity contribution in [2.45, 2.75) is 13.5 Å². The van der Waals surface area contributed by atoms with Crippen molar-refractivity contribution >= 4 is 44.4 Å². The lowest BCUT2D eigenvalue weighted by atomic mass is 10.1. The van der Waals surface area contributed by atoms with Crippen LogP contribution < -0.4 is 0 Å². The lowest BCUT2D eigenvalue weighted by Gasteiger charge is -2.08. The Morgan fingerprint density at radius 2 is 1.55 bits per heavy atom. The zero-order valence-electron chi connectivity index (χ0n) is 18.0. The van der Waals surface area contributed by atoms with Gasteiger partial charge in [-0.25, -0.2) is 4.79 Å². The van der Waals surface area contributed by atoms with Crippen LogP contribution in [-0.4, -0.2) is 27.3 Å². The third-order valence-electron chi connectivity index (χ3n) is 5.66. The molecule has 5 nitrogen and oxygen atoms in total. The van der Waals surface area contributed by atoms with Gasteiger partial charge >= 0.3 is 5.97 Å². The number of hydrogen-bond donors (Lipinski definition) is 0. The van der Waals surface area contributed by atoms with E-state index in [4.69, 9.17) is 4.74 Å². The van der Waals surface area contributed by atoms with E-state index in [0.29, 0.717) is 29.0 Å². The second-order valence-corrected chi connectivity index (χ2v) is 8.63. The largest absolute Gasteiger partial charge is 0.462 e. The number of imidazole rings is 1. The predicted octanol–water partition coefficient (Wildman–Crippen LogP) is 6.11. The van der Waals surface area contributed by atoms with Gasteiger partial charge in [-0.2, -0.15) is 0 Å². The monoisotopic (exact) mass is 500 g/mol. The molecule has 6 heteroatoms. The number of esters is 1. The molecule has 2 aromatic heterocycles. The maximum atomic E-state index is 13.6. The minimum absolute atomic E-state index is 0.157. The lowest BCUT2D eigenvalue weighted by molar-refractivity contribution is 0.0528. The van der Waals surface area contributed by atoms with E-state index in [0.717, 1.165) is 21.1 Å². The van der Waals surface area contributed by atoms with Crippen LogP contribution >= 0.6 is 15.9 Å². The maximum Gasteiger partial charge on any atom is 0.341 e. The first-order valence-electron chi connectivity index (χ1n) is 10.7. The number of aromatic nitrogens is 2. The second-order valence-electron chi connectivity index (χ2n) is 7.72. The summed E-state index contributed by atoms with van der Waals surface area (Å²) in [5.74, 6) is -0.599. The van der Waals surface area contributed by atoms with Gasteiger partial charge in [0.15, 0.2) is 0 Å². The normalized spacial score (nSPS) is 11.2. The summed E-state index contributed by atoms with van der Waals surface area (Å²) >= 11 is 3.42. The summed E-state index contributed by atoms with van der Waals surface area (Å²) in [5, 5.41) is 0. The zero-order chi connectivity index (χ0) is 22.9. The van der Waals surface area contributed by atoms with E-state index in [1.807, 2.05) is 71.1 Å². The Balaban J connectivity index is 1.80. The van der Waals surface area contributed by atoms with Crippen LogP contribution in [0, 0.1) is 0 Å². The molecule has 5 rings (SSSR count). The van der Waals surface area contributed by atoms with Gasteiger partial charge in [0.2, 0.25) is 5.78 Å². The van der Waals surface area contributed by atoms with Crippen molar-refractivity contribution in [3.05, 3.63) is 112 Å². The second kappa shape index (κ2) is 8.71. The fourth-order valence-corrected chi connectivity index (χ4v) is 4.47. The van der Waals surface area contributed by atoms with E-state index >= 15 is 0 Å². The van der Waals surface area contributed by atoms with E-state index in [1.165, 1.54) is 0 Å². The van der Waals surface area contributed by atoms with Crippen LogP contribution in [0.25, 0.3) is 16.7 Å². The lowest BCUT2D eigenvalue weighted by Crippen LogP contribution is -2.07. The molecule has 0 aliphatic heterocycles. The van der Waals surface area contributed by atoms with Crippen LogP contribution in [0.4, 0.5) is 0 Å². The van der Waals surface area contributed by atoms with Gasteiger partial charge in [-0.05, 0) is 55.0 Å². The molecule has 0 unspecified atom stereocenters. The molecule has 0 radical (unpaired) electrons. The van der Waals surface area contributed by atoms with Gasteiger partial charge in [0, 0.05) is 16.6 Å². The van der Waals surface area contributed by atoms with E-state index in [9.17, 15) is 9.59 Å². The van der Waals surface area contributed by atoms with Crippen LogP contribution in [0.3, 0.4) is 0 Å². The van der Waals surface area contributed by atoms with Crippen molar-refractivity contribution in [2.24, 2.45) is 0 Å². The Hall–Kier alpha value is -3.64. The average molecular weight is 501 g/mol. The summed E-state index contributed by atoms with van der Waals surface area (Å²) in [4.78, 5) is 26.6. The Bertz CT molecular complexity index is 1480. The van der Waals surface area contributed by atoms with Crippen molar-refractivity contribution in [3.63, 3.8) is 0 Å². The quantitative estimate of drug-likeness (QED) is 0.208. The highest BCUT2D eigenvalue weighted by molar-refractivity contribution is 9.10. The van der Waals surface area contributed by atoms with Gasteiger partial charge in [-0.3, -0.25) is 9.20 Å². The first-order valence-corrected chi connectivity index (χ1v) is 11.5. The van der Waals surface area contributed by atoms with Crippen LogP contribution in [0.5, 0.6) is 0 Å². The van der Waals surface area contributed by atoms with Crippen molar-refractivity contribution in [1.82, 2.24) is 8.97 Å². The smallest absolute Gasteiger partial charge is 0.341 e. The molecule has 0 spiro atoms. The van der Waals surface area contributed by atoms with Gasteiger partial charge in [-0.15, -0.1) is 0 Å². The number of nitrogens with zero attached hydrogens (tertiary/aromatic N) is 2. The minimum Gasteiger partial charge on any atom is -0.462 e. The van der Waals surface area contributed by atoms with Crippen molar-refractivity contribution in [2.75, 3.05) is 6.61 Å². The molecule has 0 saturated carbocycles. The number of carbonyl (C=O) groups excluding carboxylic acids is 2. The van der Waals surface area contributed by atoms with E-state index in [1.54, 1.807) is 25.1 Å². The standard InChI is InChI=1S/C27H21BrN2O3/c1-2-33-27(32)21-16-24(25(31)19-12-14-20(28)15-13-19)30-23-11-7-6-10-22(23)29(26(21)30)17-18-8-4-3-5-9-18/h3-16H,2,17H2,1H3. The summed E-state index contributed by atoms with van der Waals surface area (Å²) in [6.45, 7) is 2.59. The number of benzene rings is 3. The van der Waals surface area contributed by atoms with E-state index in [2.05, 4.69) is 20.5 Å². The zero-order valence-corrected chi connectivity index (χ0v) is 19.6. The molecule has 164 valence electrons. The molecule has 3 aromatic carbocycles. The van der Waals surface area contributed by atoms with Crippen molar-refractivity contribution in [3.8, 4) is 0 Å². The van der Waals surface area contributed by atoms with Gasteiger partial charge in [0.1, 0.15) is 11.2 Å². The SMILES string of the molecule is CCOC(=O)c1cc(C(=O)c2ccc(Br)cc2)n2c3ccccc3n(Cc3ccccc3)c12. The number of hydrogen-bond acceptors (Lipinski definition) is 3. The number of ether oxygens (including phenoxy) is 1. The minimum atomic E-state index is -0.443. The number of ketones is 1. The third-order valence-corrected chi connectivity index (χ3v) is 6.19. The van der Waals surface area contributed by atoms with Crippen LogP contribution in [-0.2, 0) is 11.3 Å². The molecule has 0 aliphatic rings. The Labute approximate surface area is 199 Å². The highest BCUT2D eigenvalue weighted by Crippen LogP contribution is 2.30. The number of carbonyl (C=O) groups is 2. The van der Waals surface area contributed by atoms with Crippen LogP contribution in [0.1, 0.15) is 38.9 Å². The molecule has 0 bridgehead atoms. The molecule has 33 heavy (non-hydrogen) atoms. The van der Waals surface area contributed by atoms with E-state index < -0.39 is 5.97 Å². The molecule has 0 N–H and O–H groups in total. The number of fused-ring (bicyclic) bond motifs is 3. The van der Waals surface area contributed by atoms with Crippen LogP contribution in [0.15, 0.2) is 89.4 Å². The average Bonchev–Trinajstić information content (AvgIpc) is 3.37. The fourth-order valence-electron chi connectivity index (χ4n) is 4.21. The molecule has 0 amide bonds. The van der Waals surface area contributed by atoms with Gasteiger partial charge < -0.3 is 9.30 Å². The number of rotatable bonds is 6. The highest BCUT2D eigenvalue weighted by Gasteiger charge is 2.27. The molecule has 5 aromatic rings. The molecular weight excluding hydrogens is 480 g/mol. The van der Waals surface area contributed by atoms with E-state index in [-0.39, 0.29) is 12.4 Å². The fraction of sp³-hybridized carbons (Fsp3) is 0.111. The van der Waals surface area contributed by atoms with Gasteiger partial charge in [0.05, 0.1) is 23.3 Å². The Morgan fingerprint density at radius 3 is 2.24 bits per heavy atom. The molecule has 2 heterocycles. The van der Waals surface area contributed by atoms with Gasteiger partial charge in [0.25, 0.3) is 0 Å². The topological polar surface area (TPSA) is 52.7 Å². The molecule has 0 atom stereocenters. The van der Waals surface area contributed by atoms with Crippen LogP contribution in [0.2, 0.25) is 0 Å². The first-order chi connectivity index (χ1) is 16.1. The Kier molecular flexibility index (Phi) is 5.60. The summed E-state index contributed by atoms with van der Waals surface area (Å²) < 4.78 is 10.2. The molecule has 0 aliphatic carbocycles. The number of para-hydroxylation sites is 2. The maximum absolute atomic E-state index is 13.6. The molecule has 0 saturated heterocycles. The molecular formula is C27H21BrN2O3.